The van der Waals surface area contributed by atoms with Gasteiger partial charge in [-0.05, 0) is 32.0 Å². The van der Waals surface area contributed by atoms with Crippen molar-refractivity contribution in [3.63, 3.8) is 0 Å². The lowest BCUT2D eigenvalue weighted by Gasteiger charge is -2.13. The number of hydrogen-bond acceptors (Lipinski definition) is 3. The molecule has 106 valence electrons. The van der Waals surface area contributed by atoms with Crippen LogP contribution in [0.5, 0.6) is 0 Å². The van der Waals surface area contributed by atoms with Crippen molar-refractivity contribution in [2.45, 2.75) is 13.8 Å². The first-order chi connectivity index (χ1) is 9.32. The van der Waals surface area contributed by atoms with Gasteiger partial charge in [0.05, 0.1) is 27.8 Å². The van der Waals surface area contributed by atoms with Gasteiger partial charge in [0.2, 0.25) is 0 Å². The van der Waals surface area contributed by atoms with Gasteiger partial charge in [-0.1, -0.05) is 11.6 Å². The van der Waals surface area contributed by atoms with Gasteiger partial charge in [-0.15, -0.1) is 0 Å². The Morgan fingerprint density at radius 1 is 1.35 bits per heavy atom. The Kier molecular flexibility index (Phi) is 3.72. The quantitative estimate of drug-likeness (QED) is 0.865. The number of halogens is 1. The third kappa shape index (κ3) is 2.36. The molecule has 0 aliphatic heterocycles. The van der Waals surface area contributed by atoms with Crippen LogP contribution in [-0.4, -0.2) is 34.7 Å². The summed E-state index contributed by atoms with van der Waals surface area (Å²) in [6.45, 7) is 3.69. The number of aromatic nitrogens is 2. The number of nitrogen functional groups attached to an aromatic ring is 1. The summed E-state index contributed by atoms with van der Waals surface area (Å²) in [4.78, 5) is 13.5. The van der Waals surface area contributed by atoms with Crippen LogP contribution in [0.25, 0.3) is 5.69 Å². The monoisotopic (exact) mass is 292 g/mol. The van der Waals surface area contributed by atoms with Crippen molar-refractivity contribution >= 4 is 23.2 Å². The van der Waals surface area contributed by atoms with Gasteiger partial charge in [0.15, 0.2) is 0 Å². The van der Waals surface area contributed by atoms with Crippen LogP contribution in [0.1, 0.15) is 21.7 Å². The van der Waals surface area contributed by atoms with Crippen molar-refractivity contribution in [3.05, 3.63) is 40.2 Å². The summed E-state index contributed by atoms with van der Waals surface area (Å²) in [5, 5.41) is 4.97. The first kappa shape index (κ1) is 14.4. The molecule has 1 aromatic heterocycles. The highest BCUT2D eigenvalue weighted by atomic mass is 35.5. The smallest absolute Gasteiger partial charge is 0.253 e. The van der Waals surface area contributed by atoms with Gasteiger partial charge in [-0.3, -0.25) is 4.79 Å². The van der Waals surface area contributed by atoms with E-state index in [1.54, 1.807) is 37.0 Å². The Bertz CT molecular complexity index is 676. The molecule has 2 aromatic rings. The van der Waals surface area contributed by atoms with Gasteiger partial charge in [-0.25, -0.2) is 4.68 Å². The van der Waals surface area contributed by atoms with E-state index in [9.17, 15) is 4.79 Å². The number of rotatable bonds is 2. The van der Waals surface area contributed by atoms with Gasteiger partial charge in [0.25, 0.3) is 5.91 Å². The zero-order chi connectivity index (χ0) is 15.0. The Labute approximate surface area is 122 Å². The lowest BCUT2D eigenvalue weighted by Crippen LogP contribution is -2.22. The minimum Gasteiger partial charge on any atom is -0.397 e. The zero-order valence-electron chi connectivity index (χ0n) is 11.9. The summed E-state index contributed by atoms with van der Waals surface area (Å²) in [7, 11) is 3.41. The van der Waals surface area contributed by atoms with Crippen molar-refractivity contribution in [1.82, 2.24) is 14.7 Å². The Balaban J connectivity index is 2.59. The molecule has 0 spiro atoms. The van der Waals surface area contributed by atoms with E-state index >= 15 is 0 Å². The fourth-order valence-electron chi connectivity index (χ4n) is 1.98. The summed E-state index contributed by atoms with van der Waals surface area (Å²) in [5.74, 6) is -0.0844. The van der Waals surface area contributed by atoms with Crippen LogP contribution in [0, 0.1) is 13.8 Å². The largest absolute Gasteiger partial charge is 0.397 e. The number of nitrogens with zero attached hydrogens (tertiary/aromatic N) is 3. The van der Waals surface area contributed by atoms with E-state index in [0.29, 0.717) is 22.0 Å². The highest BCUT2D eigenvalue weighted by Gasteiger charge is 2.15. The molecule has 0 radical (unpaired) electrons. The van der Waals surface area contributed by atoms with Gasteiger partial charge in [-0.2, -0.15) is 5.10 Å². The molecule has 0 aliphatic rings. The molecule has 5 nitrogen and oxygen atoms in total. The van der Waals surface area contributed by atoms with E-state index in [0.717, 1.165) is 11.4 Å². The second kappa shape index (κ2) is 5.17. The molecule has 1 heterocycles. The summed E-state index contributed by atoms with van der Waals surface area (Å²) >= 11 is 6.15. The molecule has 1 aromatic carbocycles. The average molecular weight is 293 g/mol. The fourth-order valence-corrected chi connectivity index (χ4v) is 2.09. The second-order valence-electron chi connectivity index (χ2n) is 4.87. The van der Waals surface area contributed by atoms with Gasteiger partial charge < -0.3 is 10.6 Å². The van der Waals surface area contributed by atoms with E-state index in [1.807, 2.05) is 13.8 Å². The molecular weight excluding hydrogens is 276 g/mol. The van der Waals surface area contributed by atoms with E-state index in [-0.39, 0.29) is 5.91 Å². The normalized spacial score (nSPS) is 10.7. The van der Waals surface area contributed by atoms with Crippen molar-refractivity contribution in [1.29, 1.82) is 0 Å². The highest BCUT2D eigenvalue weighted by molar-refractivity contribution is 6.31. The van der Waals surface area contributed by atoms with Crippen LogP contribution in [0.4, 0.5) is 5.69 Å². The lowest BCUT2D eigenvalue weighted by molar-refractivity contribution is 0.0827. The standard InChI is InChI=1S/C14H17ClN4O/c1-8-13(15)9(2)19(17-8)12-7-10(5-6-11(12)16)14(20)18(3)4/h5-7H,16H2,1-4H3. The Hall–Kier alpha value is -2.01. The predicted molar refractivity (Wildman–Crippen MR) is 80.5 cm³/mol. The van der Waals surface area contributed by atoms with Crippen molar-refractivity contribution < 1.29 is 4.79 Å². The molecule has 6 heteroatoms. The molecule has 0 aliphatic carbocycles. The number of amides is 1. The summed E-state index contributed by atoms with van der Waals surface area (Å²) in [6, 6.07) is 5.14. The Morgan fingerprint density at radius 3 is 2.50 bits per heavy atom. The minimum atomic E-state index is -0.0844. The number of carbonyl (C=O) groups is 1. The molecule has 0 saturated heterocycles. The second-order valence-corrected chi connectivity index (χ2v) is 5.25. The summed E-state index contributed by atoms with van der Waals surface area (Å²) < 4.78 is 1.67. The molecule has 0 atom stereocenters. The van der Waals surface area contributed by atoms with Crippen LogP contribution in [0.3, 0.4) is 0 Å². The van der Waals surface area contributed by atoms with Crippen LogP contribution in [-0.2, 0) is 0 Å². The SMILES string of the molecule is Cc1nn(-c2cc(C(=O)N(C)C)ccc2N)c(C)c1Cl. The molecule has 0 saturated carbocycles. The molecule has 2 rings (SSSR count). The number of carbonyl (C=O) groups excluding carboxylic acids is 1. The number of hydrogen-bond donors (Lipinski definition) is 1. The van der Waals surface area contributed by atoms with Crippen molar-refractivity contribution in [2.24, 2.45) is 0 Å². The summed E-state index contributed by atoms with van der Waals surface area (Å²) in [6.07, 6.45) is 0. The molecule has 1 amide bonds. The molecule has 0 bridgehead atoms. The van der Waals surface area contributed by atoms with Crippen LogP contribution < -0.4 is 5.73 Å². The van der Waals surface area contributed by atoms with E-state index < -0.39 is 0 Å². The van der Waals surface area contributed by atoms with Gasteiger partial charge in [0, 0.05) is 19.7 Å². The number of aryl methyl sites for hydroxylation is 1. The van der Waals surface area contributed by atoms with Crippen LogP contribution in [0.2, 0.25) is 5.02 Å². The van der Waals surface area contributed by atoms with Gasteiger partial charge >= 0.3 is 0 Å². The first-order valence-corrected chi connectivity index (χ1v) is 6.54. The third-order valence-corrected chi connectivity index (χ3v) is 3.66. The number of benzene rings is 1. The van der Waals surface area contributed by atoms with E-state index in [2.05, 4.69) is 5.10 Å². The van der Waals surface area contributed by atoms with Crippen LogP contribution >= 0.6 is 11.6 Å². The average Bonchev–Trinajstić information content (AvgIpc) is 2.66. The maximum absolute atomic E-state index is 12.0. The lowest BCUT2D eigenvalue weighted by atomic mass is 10.1. The zero-order valence-corrected chi connectivity index (χ0v) is 12.7. The molecule has 2 N–H and O–H groups in total. The number of anilines is 1. The maximum atomic E-state index is 12.0. The molecular formula is C14H17ClN4O. The summed E-state index contributed by atoms with van der Waals surface area (Å²) in [5.41, 5.74) is 9.28. The molecule has 0 unspecified atom stereocenters. The Morgan fingerprint density at radius 2 is 2.00 bits per heavy atom. The first-order valence-electron chi connectivity index (χ1n) is 6.16. The van der Waals surface area contributed by atoms with Gasteiger partial charge in [0.1, 0.15) is 0 Å². The minimum absolute atomic E-state index is 0.0844. The fraction of sp³-hybridized carbons (Fsp3) is 0.286. The molecule has 0 fully saturated rings. The topological polar surface area (TPSA) is 64.2 Å². The maximum Gasteiger partial charge on any atom is 0.253 e. The third-order valence-electron chi connectivity index (χ3n) is 3.11. The number of nitrogens with two attached hydrogens (primary N) is 1. The van der Waals surface area contributed by atoms with E-state index in [4.69, 9.17) is 17.3 Å². The predicted octanol–water partition coefficient (Wildman–Crippen LogP) is 2.43. The van der Waals surface area contributed by atoms with Crippen molar-refractivity contribution in [2.75, 3.05) is 19.8 Å². The highest BCUT2D eigenvalue weighted by Crippen LogP contribution is 2.26. The van der Waals surface area contributed by atoms with Crippen molar-refractivity contribution in [3.8, 4) is 5.69 Å². The molecule has 20 heavy (non-hydrogen) atoms. The van der Waals surface area contributed by atoms with Crippen LogP contribution in [0.15, 0.2) is 18.2 Å². The van der Waals surface area contributed by atoms with E-state index in [1.165, 1.54) is 4.90 Å².